The average Bonchev–Trinajstić information content (AvgIpc) is 3.08. The Morgan fingerprint density at radius 1 is 1.07 bits per heavy atom. The molecule has 0 aromatic rings. The number of fused-ring (bicyclic) bond motifs is 5. The highest BCUT2D eigenvalue weighted by Crippen LogP contribution is 2.69. The molecule has 4 aliphatic carbocycles. The summed E-state index contributed by atoms with van der Waals surface area (Å²) >= 11 is 0. The second-order valence-corrected chi connectivity index (χ2v) is 11.6. The van der Waals surface area contributed by atoms with E-state index in [1.54, 1.807) is 0 Å². The van der Waals surface area contributed by atoms with E-state index in [1.807, 2.05) is 6.92 Å². The molecule has 0 radical (unpaired) electrons. The van der Waals surface area contributed by atoms with Crippen molar-refractivity contribution in [1.29, 1.82) is 0 Å². The monoisotopic (exact) mass is 422 g/mol. The van der Waals surface area contributed by atoms with E-state index in [0.717, 1.165) is 38.5 Å². The summed E-state index contributed by atoms with van der Waals surface area (Å²) in [7, 11) is 0. The van der Waals surface area contributed by atoms with Crippen molar-refractivity contribution in [3.63, 3.8) is 0 Å². The molecule has 4 heteroatoms. The van der Waals surface area contributed by atoms with Crippen LogP contribution in [0.2, 0.25) is 0 Å². The lowest BCUT2D eigenvalue weighted by Gasteiger charge is -2.64. The largest absolute Gasteiger partial charge is 0.481 e. The maximum atomic E-state index is 11.9. The standard InChI is InChI=1S/C26H44O4/c1-5-17-21-14-16(27)10-12-26(21,4)20-11-13-25(3)18(15(2)6-9-22(28)29)7-8-19(25)23(20)24(17)30/h15-21,23-24,27,30H,5-14H2,1-4H3,(H,28,29)/t15-,16-,17?,18-,19+,20+,21+,23+,24-,25-,26-/m1/s1/i17D,24D. The third-order valence-electron chi connectivity index (χ3n) is 10.5. The third kappa shape index (κ3) is 3.36. The number of hydrogen-bond acceptors (Lipinski definition) is 3. The molecule has 0 aromatic heterocycles. The minimum absolute atomic E-state index is 0.0137. The molecule has 11 atom stereocenters. The van der Waals surface area contributed by atoms with Gasteiger partial charge in [-0.15, -0.1) is 0 Å². The predicted molar refractivity (Wildman–Crippen MR) is 118 cm³/mol. The maximum absolute atomic E-state index is 11.9. The van der Waals surface area contributed by atoms with E-state index in [-0.39, 0.29) is 40.9 Å². The van der Waals surface area contributed by atoms with Crippen molar-refractivity contribution in [3.05, 3.63) is 0 Å². The zero-order valence-electron chi connectivity index (χ0n) is 21.4. The van der Waals surface area contributed by atoms with E-state index in [2.05, 4.69) is 20.8 Å². The van der Waals surface area contributed by atoms with Crippen LogP contribution < -0.4 is 0 Å². The average molecular weight is 423 g/mol. The van der Waals surface area contributed by atoms with Gasteiger partial charge in [0.05, 0.1) is 13.6 Å². The number of carbonyl (C=O) groups is 1. The quantitative estimate of drug-likeness (QED) is 0.575. The fraction of sp³-hybridized carbons (Fsp3) is 0.962. The van der Waals surface area contributed by atoms with Crippen LogP contribution in [0, 0.1) is 52.2 Å². The first-order chi connectivity index (χ1) is 14.8. The van der Waals surface area contributed by atoms with Gasteiger partial charge in [0.2, 0.25) is 0 Å². The maximum Gasteiger partial charge on any atom is 0.303 e. The van der Waals surface area contributed by atoms with Crippen molar-refractivity contribution in [2.24, 2.45) is 52.2 Å². The van der Waals surface area contributed by atoms with Crippen LogP contribution in [0.15, 0.2) is 0 Å². The molecule has 0 aromatic carbocycles. The number of carboxylic acids is 1. The number of aliphatic hydroxyl groups is 2. The van der Waals surface area contributed by atoms with Crippen molar-refractivity contribution in [3.8, 4) is 0 Å². The van der Waals surface area contributed by atoms with Crippen LogP contribution in [0.5, 0.6) is 0 Å². The molecule has 0 amide bonds. The van der Waals surface area contributed by atoms with E-state index in [0.29, 0.717) is 31.1 Å². The van der Waals surface area contributed by atoms with Gasteiger partial charge in [0, 0.05) is 7.79 Å². The molecule has 3 N–H and O–H groups in total. The Morgan fingerprint density at radius 2 is 1.73 bits per heavy atom. The summed E-state index contributed by atoms with van der Waals surface area (Å²) in [4.78, 5) is 11.2. The zero-order chi connectivity index (χ0) is 23.7. The number of carboxylic acid groups (broad SMARTS) is 1. The van der Waals surface area contributed by atoms with Crippen LogP contribution >= 0.6 is 0 Å². The highest BCUT2D eigenvalue weighted by molar-refractivity contribution is 5.66. The van der Waals surface area contributed by atoms with Crippen LogP contribution in [0.25, 0.3) is 0 Å². The molecule has 4 saturated carbocycles. The molecule has 4 rings (SSSR count). The number of hydrogen-bond donors (Lipinski definition) is 3. The normalized spacial score (nSPS) is 57.4. The van der Waals surface area contributed by atoms with Crippen molar-refractivity contribution < 1.29 is 22.9 Å². The van der Waals surface area contributed by atoms with Crippen LogP contribution in [0.4, 0.5) is 0 Å². The smallest absolute Gasteiger partial charge is 0.303 e. The van der Waals surface area contributed by atoms with E-state index in [4.69, 9.17) is 0 Å². The Hall–Kier alpha value is -0.610. The van der Waals surface area contributed by atoms with Gasteiger partial charge in [0.1, 0.15) is 0 Å². The molecule has 30 heavy (non-hydrogen) atoms. The summed E-state index contributed by atoms with van der Waals surface area (Å²) in [5, 5.41) is 31.5. The van der Waals surface area contributed by atoms with Crippen molar-refractivity contribution in [2.45, 2.75) is 104 Å². The van der Waals surface area contributed by atoms with Crippen LogP contribution in [0.3, 0.4) is 0 Å². The Morgan fingerprint density at radius 3 is 2.40 bits per heavy atom. The zero-order valence-corrected chi connectivity index (χ0v) is 19.4. The first kappa shape index (κ1) is 20.0. The predicted octanol–water partition coefficient (Wildman–Crippen LogP) is 5.11. The summed E-state index contributed by atoms with van der Waals surface area (Å²) in [5.41, 5.74) is -0.135. The van der Waals surface area contributed by atoms with E-state index in [9.17, 15) is 22.9 Å². The molecule has 0 spiro atoms. The van der Waals surface area contributed by atoms with Gasteiger partial charge in [-0.2, -0.15) is 0 Å². The lowest BCUT2D eigenvalue weighted by Crippen LogP contribution is -2.62. The molecule has 0 saturated heterocycles. The van der Waals surface area contributed by atoms with Gasteiger partial charge in [-0.05, 0) is 104 Å². The minimum Gasteiger partial charge on any atom is -0.481 e. The molecule has 4 aliphatic rings. The summed E-state index contributed by atoms with van der Waals surface area (Å²) in [5.74, 6) is -1.30. The van der Waals surface area contributed by atoms with Gasteiger partial charge in [0.15, 0.2) is 0 Å². The van der Waals surface area contributed by atoms with Gasteiger partial charge in [0.25, 0.3) is 0 Å². The van der Waals surface area contributed by atoms with Gasteiger partial charge >= 0.3 is 5.97 Å². The summed E-state index contributed by atoms with van der Waals surface area (Å²) in [6, 6.07) is 0. The fourth-order valence-electron chi connectivity index (χ4n) is 8.90. The van der Waals surface area contributed by atoms with E-state index >= 15 is 0 Å². The summed E-state index contributed by atoms with van der Waals surface area (Å²) in [6.45, 7) is 8.74. The summed E-state index contributed by atoms with van der Waals surface area (Å²) < 4.78 is 18.8. The number of rotatable bonds is 5. The molecule has 4 nitrogen and oxygen atoms in total. The van der Waals surface area contributed by atoms with Gasteiger partial charge in [-0.1, -0.05) is 34.1 Å². The van der Waals surface area contributed by atoms with E-state index < -0.39 is 24.0 Å². The number of aliphatic hydroxyl groups excluding tert-OH is 1. The van der Waals surface area contributed by atoms with Crippen LogP contribution in [0.1, 0.15) is 94.6 Å². The van der Waals surface area contributed by atoms with Gasteiger partial charge in [-0.25, -0.2) is 0 Å². The van der Waals surface area contributed by atoms with Crippen molar-refractivity contribution in [2.75, 3.05) is 0 Å². The SMILES string of the molecule is [2H]C1(CC)[C@@H]2C[C@H](O)CC[C@]2(C)[C@H]2CC[C@]3(C)[C@@H]([C@H](C)CCC(=O)O)CC[C@H]3[C@@H]2[C@]1([2H])O. The van der Waals surface area contributed by atoms with E-state index in [1.165, 1.54) is 0 Å². The summed E-state index contributed by atoms with van der Waals surface area (Å²) in [6.07, 6.45) is 5.18. The second-order valence-electron chi connectivity index (χ2n) is 11.6. The molecular weight excluding hydrogens is 376 g/mol. The van der Waals surface area contributed by atoms with Gasteiger partial charge < -0.3 is 15.3 Å². The minimum atomic E-state index is -1.83. The molecule has 0 aliphatic heterocycles. The molecule has 1 unspecified atom stereocenters. The molecular formula is C26H44O4. The van der Waals surface area contributed by atoms with Crippen LogP contribution in [-0.2, 0) is 4.79 Å². The second kappa shape index (κ2) is 8.06. The highest BCUT2D eigenvalue weighted by Gasteiger charge is 2.64. The highest BCUT2D eigenvalue weighted by atomic mass is 16.4. The Kier molecular flexibility index (Phi) is 5.38. The molecule has 172 valence electrons. The topological polar surface area (TPSA) is 77.8 Å². The van der Waals surface area contributed by atoms with Crippen LogP contribution in [-0.4, -0.2) is 33.5 Å². The third-order valence-corrected chi connectivity index (χ3v) is 10.5. The first-order valence-corrected chi connectivity index (χ1v) is 12.4. The Balaban J connectivity index is 1.71. The lowest BCUT2D eigenvalue weighted by atomic mass is 9.41. The Bertz CT molecular complexity index is 743. The fourth-order valence-corrected chi connectivity index (χ4v) is 8.90. The van der Waals surface area contributed by atoms with Gasteiger partial charge in [-0.3, -0.25) is 4.79 Å². The molecule has 0 bridgehead atoms. The molecule has 0 heterocycles. The Labute approximate surface area is 185 Å². The first-order valence-electron chi connectivity index (χ1n) is 13.4. The lowest BCUT2D eigenvalue weighted by molar-refractivity contribution is -0.203. The molecule has 4 fully saturated rings. The van der Waals surface area contributed by atoms with Crippen molar-refractivity contribution in [1.82, 2.24) is 0 Å². The van der Waals surface area contributed by atoms with Crippen molar-refractivity contribution >= 4 is 5.97 Å². The number of aliphatic carboxylic acids is 1.